The Morgan fingerprint density at radius 3 is 2.88 bits per heavy atom. The number of rotatable bonds is 2. The number of aromatic amines is 1. The highest BCUT2D eigenvalue weighted by atomic mass is 16.1. The number of nitrogens with one attached hydrogen (secondary N) is 2. The van der Waals surface area contributed by atoms with Crippen molar-refractivity contribution in [1.82, 2.24) is 15.2 Å². The second kappa shape index (κ2) is 4.14. The highest BCUT2D eigenvalue weighted by Gasteiger charge is 2.02. The summed E-state index contributed by atoms with van der Waals surface area (Å²) in [7, 11) is 0. The number of aromatic nitrogens is 3. The normalized spacial score (nSPS) is 10.1. The zero-order valence-corrected chi connectivity index (χ0v) is 9.11. The third kappa shape index (κ3) is 2.08. The van der Waals surface area contributed by atoms with Crippen LogP contribution in [0.15, 0.2) is 29.2 Å². The van der Waals surface area contributed by atoms with Crippen LogP contribution in [0.5, 0.6) is 0 Å². The molecule has 0 saturated heterocycles. The van der Waals surface area contributed by atoms with E-state index < -0.39 is 0 Å². The predicted octanol–water partition coefficient (Wildman–Crippen LogP) is 1.53. The van der Waals surface area contributed by atoms with E-state index in [0.717, 1.165) is 17.4 Å². The molecule has 5 nitrogen and oxygen atoms in total. The van der Waals surface area contributed by atoms with Gasteiger partial charge in [0, 0.05) is 5.69 Å². The lowest BCUT2D eigenvalue weighted by atomic mass is 10.1. The molecule has 0 saturated carbocycles. The van der Waals surface area contributed by atoms with Crippen molar-refractivity contribution in [3.05, 3.63) is 45.9 Å². The molecule has 0 aliphatic rings. The molecule has 5 heteroatoms. The molecule has 0 unspecified atom stereocenters. The van der Waals surface area contributed by atoms with Gasteiger partial charge in [0.25, 0.3) is 5.56 Å². The number of anilines is 2. The summed E-state index contributed by atoms with van der Waals surface area (Å²) >= 11 is 0. The molecule has 0 fully saturated rings. The Hall–Kier alpha value is -2.17. The van der Waals surface area contributed by atoms with Crippen molar-refractivity contribution in [2.45, 2.75) is 13.8 Å². The van der Waals surface area contributed by atoms with E-state index in [2.05, 4.69) is 20.5 Å². The van der Waals surface area contributed by atoms with Crippen LogP contribution in [-0.2, 0) is 0 Å². The van der Waals surface area contributed by atoms with Crippen molar-refractivity contribution in [2.24, 2.45) is 0 Å². The first-order valence-electron chi connectivity index (χ1n) is 4.92. The van der Waals surface area contributed by atoms with E-state index in [9.17, 15) is 4.79 Å². The lowest BCUT2D eigenvalue weighted by Crippen LogP contribution is -2.11. The van der Waals surface area contributed by atoms with Gasteiger partial charge in [0.05, 0.1) is 0 Å². The van der Waals surface area contributed by atoms with Crippen LogP contribution >= 0.6 is 0 Å². The average molecular weight is 216 g/mol. The molecule has 82 valence electrons. The number of hydrogen-bond acceptors (Lipinski definition) is 4. The zero-order chi connectivity index (χ0) is 11.5. The zero-order valence-electron chi connectivity index (χ0n) is 9.11. The first-order chi connectivity index (χ1) is 7.66. The van der Waals surface area contributed by atoms with Crippen molar-refractivity contribution in [3.63, 3.8) is 0 Å². The Morgan fingerprint density at radius 1 is 1.31 bits per heavy atom. The van der Waals surface area contributed by atoms with Gasteiger partial charge in [-0.25, -0.2) is 0 Å². The van der Waals surface area contributed by atoms with Crippen molar-refractivity contribution in [2.75, 3.05) is 5.32 Å². The van der Waals surface area contributed by atoms with Gasteiger partial charge in [-0.05, 0) is 31.0 Å². The molecule has 0 bridgehead atoms. The van der Waals surface area contributed by atoms with E-state index in [-0.39, 0.29) is 5.56 Å². The van der Waals surface area contributed by atoms with Gasteiger partial charge in [-0.2, -0.15) is 0 Å². The largest absolute Gasteiger partial charge is 0.324 e. The molecule has 0 radical (unpaired) electrons. The van der Waals surface area contributed by atoms with Crippen LogP contribution in [0.2, 0.25) is 0 Å². The SMILES string of the molecule is Cc1cccc(Nc2nncc(=O)[nH]2)c1C. The summed E-state index contributed by atoms with van der Waals surface area (Å²) in [6, 6.07) is 5.90. The monoisotopic (exact) mass is 216 g/mol. The molecule has 1 heterocycles. The van der Waals surface area contributed by atoms with Gasteiger partial charge in [0.2, 0.25) is 5.95 Å². The lowest BCUT2D eigenvalue weighted by Gasteiger charge is -2.09. The molecule has 0 aliphatic carbocycles. The number of nitrogens with zero attached hydrogens (tertiary/aromatic N) is 2. The molecule has 16 heavy (non-hydrogen) atoms. The van der Waals surface area contributed by atoms with E-state index in [4.69, 9.17) is 0 Å². The Bertz CT molecular complexity index is 562. The highest BCUT2D eigenvalue weighted by Crippen LogP contribution is 2.19. The Balaban J connectivity index is 2.34. The molecule has 2 aromatic rings. The first-order valence-corrected chi connectivity index (χ1v) is 4.92. The fourth-order valence-corrected chi connectivity index (χ4v) is 1.38. The topological polar surface area (TPSA) is 70.7 Å². The number of H-pyrrole nitrogens is 1. The lowest BCUT2D eigenvalue weighted by molar-refractivity contribution is 0.953. The Kier molecular flexibility index (Phi) is 2.68. The van der Waals surface area contributed by atoms with E-state index in [1.54, 1.807) is 0 Å². The van der Waals surface area contributed by atoms with E-state index in [1.807, 2.05) is 32.0 Å². The second-order valence-electron chi connectivity index (χ2n) is 3.55. The van der Waals surface area contributed by atoms with Crippen LogP contribution < -0.4 is 10.9 Å². The minimum absolute atomic E-state index is 0.275. The Morgan fingerprint density at radius 2 is 2.12 bits per heavy atom. The number of benzene rings is 1. The van der Waals surface area contributed by atoms with Gasteiger partial charge in [-0.3, -0.25) is 9.78 Å². The van der Waals surface area contributed by atoms with Crippen molar-refractivity contribution < 1.29 is 0 Å². The van der Waals surface area contributed by atoms with Gasteiger partial charge in [0.15, 0.2) is 0 Å². The third-order valence-corrected chi connectivity index (χ3v) is 2.43. The van der Waals surface area contributed by atoms with Crippen LogP contribution in [0.3, 0.4) is 0 Å². The fourth-order valence-electron chi connectivity index (χ4n) is 1.38. The second-order valence-corrected chi connectivity index (χ2v) is 3.55. The maximum absolute atomic E-state index is 11.0. The Labute approximate surface area is 92.6 Å². The highest BCUT2D eigenvalue weighted by molar-refractivity contribution is 5.59. The van der Waals surface area contributed by atoms with Crippen molar-refractivity contribution in [1.29, 1.82) is 0 Å². The summed E-state index contributed by atoms with van der Waals surface area (Å²) in [5.74, 6) is 0.348. The smallest absolute Gasteiger partial charge is 0.271 e. The summed E-state index contributed by atoms with van der Waals surface area (Å²) in [6.07, 6.45) is 1.13. The number of aryl methyl sites for hydroxylation is 1. The maximum Gasteiger partial charge on any atom is 0.271 e. The molecule has 0 aliphatic heterocycles. The molecule has 2 rings (SSSR count). The molecular formula is C11H12N4O. The van der Waals surface area contributed by atoms with E-state index in [0.29, 0.717) is 5.95 Å². The van der Waals surface area contributed by atoms with Crippen molar-refractivity contribution in [3.8, 4) is 0 Å². The van der Waals surface area contributed by atoms with Gasteiger partial charge in [0.1, 0.15) is 6.20 Å². The standard InChI is InChI=1S/C11H12N4O/c1-7-4-3-5-9(8(7)2)13-11-14-10(16)6-12-15-11/h3-6H,1-2H3,(H2,13,14,15,16). The molecule has 1 aromatic heterocycles. The summed E-state index contributed by atoms with van der Waals surface area (Å²) in [5.41, 5.74) is 2.93. The number of hydrogen-bond donors (Lipinski definition) is 2. The summed E-state index contributed by atoms with van der Waals surface area (Å²) in [4.78, 5) is 13.6. The summed E-state index contributed by atoms with van der Waals surface area (Å²) in [6.45, 7) is 4.03. The predicted molar refractivity (Wildman–Crippen MR) is 61.9 cm³/mol. The average Bonchev–Trinajstić information content (AvgIpc) is 2.25. The molecule has 1 aromatic carbocycles. The van der Waals surface area contributed by atoms with Gasteiger partial charge in [-0.15, -0.1) is 10.2 Å². The van der Waals surface area contributed by atoms with Crippen LogP contribution in [0.25, 0.3) is 0 Å². The molecule has 0 atom stereocenters. The van der Waals surface area contributed by atoms with Crippen LogP contribution in [0.1, 0.15) is 11.1 Å². The fraction of sp³-hybridized carbons (Fsp3) is 0.182. The van der Waals surface area contributed by atoms with E-state index in [1.165, 1.54) is 5.56 Å². The van der Waals surface area contributed by atoms with Crippen LogP contribution in [0.4, 0.5) is 11.6 Å². The molecule has 0 amide bonds. The molecule has 0 spiro atoms. The van der Waals surface area contributed by atoms with Crippen LogP contribution in [-0.4, -0.2) is 15.2 Å². The van der Waals surface area contributed by atoms with Gasteiger partial charge >= 0.3 is 0 Å². The minimum Gasteiger partial charge on any atom is -0.324 e. The molecule has 2 N–H and O–H groups in total. The summed E-state index contributed by atoms with van der Waals surface area (Å²) < 4.78 is 0. The van der Waals surface area contributed by atoms with Crippen molar-refractivity contribution >= 4 is 11.6 Å². The maximum atomic E-state index is 11.0. The molecular weight excluding hydrogens is 204 g/mol. The third-order valence-electron chi connectivity index (χ3n) is 2.43. The van der Waals surface area contributed by atoms with Gasteiger partial charge in [-0.1, -0.05) is 12.1 Å². The van der Waals surface area contributed by atoms with Crippen LogP contribution in [0, 0.1) is 13.8 Å². The first kappa shape index (κ1) is 10.4. The van der Waals surface area contributed by atoms with Gasteiger partial charge < -0.3 is 5.32 Å². The quantitative estimate of drug-likeness (QED) is 0.798. The van der Waals surface area contributed by atoms with E-state index >= 15 is 0 Å². The summed E-state index contributed by atoms with van der Waals surface area (Å²) in [5, 5.41) is 10.4. The minimum atomic E-state index is -0.275.